The van der Waals surface area contributed by atoms with Gasteiger partial charge >= 0.3 is 0 Å². The van der Waals surface area contributed by atoms with Crippen LogP contribution >= 0.6 is 0 Å². The first kappa shape index (κ1) is 15.4. The van der Waals surface area contributed by atoms with Gasteiger partial charge in [-0.05, 0) is 31.0 Å². The summed E-state index contributed by atoms with van der Waals surface area (Å²) in [5.41, 5.74) is 1.15. The number of benzene rings is 1. The molecule has 0 radical (unpaired) electrons. The smallest absolute Gasteiger partial charge is 0.227 e. The van der Waals surface area contributed by atoms with Crippen molar-refractivity contribution in [3.05, 3.63) is 29.8 Å². The highest BCUT2D eigenvalue weighted by Crippen LogP contribution is 2.14. The van der Waals surface area contributed by atoms with Crippen LogP contribution in [-0.4, -0.2) is 43.5 Å². The highest BCUT2D eigenvalue weighted by atomic mass is 16.5. The van der Waals surface area contributed by atoms with Crippen LogP contribution in [0.5, 0.6) is 5.75 Å². The van der Waals surface area contributed by atoms with E-state index < -0.39 is 0 Å². The molecule has 1 N–H and O–H groups in total. The van der Waals surface area contributed by atoms with Crippen LogP contribution in [0.2, 0.25) is 0 Å². The van der Waals surface area contributed by atoms with Crippen LogP contribution in [0.4, 0.5) is 0 Å². The summed E-state index contributed by atoms with van der Waals surface area (Å²) < 4.78 is 5.65. The van der Waals surface area contributed by atoms with E-state index in [4.69, 9.17) is 4.74 Å². The third-order valence-corrected chi connectivity index (χ3v) is 3.68. The minimum absolute atomic E-state index is 0.0319. The Hall–Kier alpha value is -2.04. The molecule has 5 nitrogen and oxygen atoms in total. The molecule has 1 aliphatic heterocycles. The molecule has 114 valence electrons. The number of nitrogens with zero attached hydrogens (tertiary/aromatic N) is 1. The van der Waals surface area contributed by atoms with Crippen LogP contribution in [-0.2, 0) is 9.59 Å². The van der Waals surface area contributed by atoms with Crippen LogP contribution in [0.25, 0.3) is 0 Å². The molecule has 1 atom stereocenters. The van der Waals surface area contributed by atoms with Crippen molar-refractivity contribution in [2.24, 2.45) is 5.92 Å². The first-order chi connectivity index (χ1) is 10.1. The Morgan fingerprint density at radius 3 is 2.95 bits per heavy atom. The minimum Gasteiger partial charge on any atom is -0.492 e. The molecule has 5 heteroatoms. The van der Waals surface area contributed by atoms with E-state index >= 15 is 0 Å². The molecule has 0 saturated carbocycles. The SMILES string of the molecule is Cc1cccc(OCCN(C)C(=O)C2CCC(=O)NC2)c1. The topological polar surface area (TPSA) is 58.6 Å². The van der Waals surface area contributed by atoms with Crippen molar-refractivity contribution < 1.29 is 14.3 Å². The molecule has 1 unspecified atom stereocenters. The Bertz CT molecular complexity index is 506. The molecule has 0 spiro atoms. The zero-order valence-corrected chi connectivity index (χ0v) is 12.6. The van der Waals surface area contributed by atoms with E-state index in [1.807, 2.05) is 31.2 Å². The fourth-order valence-corrected chi connectivity index (χ4v) is 2.37. The normalized spacial score (nSPS) is 18.0. The molecule has 1 saturated heterocycles. The van der Waals surface area contributed by atoms with Crippen molar-refractivity contribution in [3.63, 3.8) is 0 Å². The summed E-state index contributed by atoms with van der Waals surface area (Å²) in [7, 11) is 1.78. The van der Waals surface area contributed by atoms with Crippen molar-refractivity contribution in [3.8, 4) is 5.75 Å². The van der Waals surface area contributed by atoms with Crippen LogP contribution in [0.3, 0.4) is 0 Å². The second-order valence-corrected chi connectivity index (χ2v) is 5.46. The summed E-state index contributed by atoms with van der Waals surface area (Å²) >= 11 is 0. The fraction of sp³-hybridized carbons (Fsp3) is 0.500. The molecule has 0 aromatic heterocycles. The number of likely N-dealkylation sites (N-methyl/N-ethyl adjacent to an activating group) is 1. The van der Waals surface area contributed by atoms with E-state index in [0.717, 1.165) is 11.3 Å². The quantitative estimate of drug-likeness (QED) is 0.891. The summed E-state index contributed by atoms with van der Waals surface area (Å²) in [6.07, 6.45) is 1.07. The van der Waals surface area contributed by atoms with E-state index in [0.29, 0.717) is 32.5 Å². The molecule has 2 rings (SSSR count). The van der Waals surface area contributed by atoms with Crippen molar-refractivity contribution >= 4 is 11.8 Å². The van der Waals surface area contributed by atoms with Crippen molar-refractivity contribution in [2.75, 3.05) is 26.7 Å². The predicted molar refractivity (Wildman–Crippen MR) is 80.0 cm³/mol. The van der Waals surface area contributed by atoms with Gasteiger partial charge in [0.05, 0.1) is 12.5 Å². The highest BCUT2D eigenvalue weighted by Gasteiger charge is 2.26. The first-order valence-electron chi connectivity index (χ1n) is 7.27. The maximum atomic E-state index is 12.2. The Balaban J connectivity index is 1.75. The lowest BCUT2D eigenvalue weighted by molar-refractivity contribution is -0.136. The molecular formula is C16H22N2O3. The van der Waals surface area contributed by atoms with E-state index in [-0.39, 0.29) is 17.7 Å². The molecule has 1 fully saturated rings. The second-order valence-electron chi connectivity index (χ2n) is 5.46. The van der Waals surface area contributed by atoms with E-state index in [1.165, 1.54) is 0 Å². The van der Waals surface area contributed by atoms with Gasteiger partial charge in [0, 0.05) is 20.0 Å². The molecule has 1 aromatic rings. The second kappa shape index (κ2) is 7.11. The molecule has 0 bridgehead atoms. The standard InChI is InChI=1S/C16H22N2O3/c1-12-4-3-5-14(10-12)21-9-8-18(2)16(20)13-6-7-15(19)17-11-13/h3-5,10,13H,6-9,11H2,1-2H3,(H,17,19). The molecule has 0 aliphatic carbocycles. The van der Waals surface area contributed by atoms with Gasteiger partial charge < -0.3 is 15.0 Å². The van der Waals surface area contributed by atoms with Gasteiger partial charge in [-0.15, -0.1) is 0 Å². The lowest BCUT2D eigenvalue weighted by atomic mass is 9.98. The maximum Gasteiger partial charge on any atom is 0.227 e. The first-order valence-corrected chi connectivity index (χ1v) is 7.27. The van der Waals surface area contributed by atoms with Gasteiger partial charge in [-0.1, -0.05) is 12.1 Å². The molecule has 1 aliphatic rings. The zero-order chi connectivity index (χ0) is 15.2. The van der Waals surface area contributed by atoms with Crippen molar-refractivity contribution in [1.29, 1.82) is 0 Å². The average Bonchev–Trinajstić information content (AvgIpc) is 2.47. The average molecular weight is 290 g/mol. The fourth-order valence-electron chi connectivity index (χ4n) is 2.37. The summed E-state index contributed by atoms with van der Waals surface area (Å²) in [5, 5.41) is 2.74. The predicted octanol–water partition coefficient (Wildman–Crippen LogP) is 1.36. The number of nitrogens with one attached hydrogen (secondary N) is 1. The van der Waals surface area contributed by atoms with Crippen LogP contribution in [0.1, 0.15) is 18.4 Å². The lowest BCUT2D eigenvalue weighted by Gasteiger charge is -2.26. The number of hydrogen-bond donors (Lipinski definition) is 1. The number of hydrogen-bond acceptors (Lipinski definition) is 3. The number of piperidine rings is 1. The summed E-state index contributed by atoms with van der Waals surface area (Å²) in [4.78, 5) is 25.0. The summed E-state index contributed by atoms with van der Waals surface area (Å²) in [6, 6.07) is 7.84. The Morgan fingerprint density at radius 2 is 2.29 bits per heavy atom. The number of amides is 2. The molecule has 2 amide bonds. The third-order valence-electron chi connectivity index (χ3n) is 3.68. The minimum atomic E-state index is -0.105. The third kappa shape index (κ3) is 4.48. The maximum absolute atomic E-state index is 12.2. The molecule has 1 aromatic carbocycles. The largest absolute Gasteiger partial charge is 0.492 e. The van der Waals surface area contributed by atoms with Gasteiger partial charge in [-0.2, -0.15) is 0 Å². The van der Waals surface area contributed by atoms with Crippen LogP contribution in [0, 0.1) is 12.8 Å². The zero-order valence-electron chi connectivity index (χ0n) is 12.6. The van der Waals surface area contributed by atoms with E-state index in [1.54, 1.807) is 11.9 Å². The number of carbonyl (C=O) groups is 2. The molecular weight excluding hydrogens is 268 g/mol. The Labute approximate surface area is 125 Å². The monoisotopic (exact) mass is 290 g/mol. The molecule has 1 heterocycles. The van der Waals surface area contributed by atoms with Gasteiger partial charge in [0.1, 0.15) is 12.4 Å². The van der Waals surface area contributed by atoms with Crippen LogP contribution < -0.4 is 10.1 Å². The van der Waals surface area contributed by atoms with Gasteiger partial charge in [-0.3, -0.25) is 9.59 Å². The van der Waals surface area contributed by atoms with Gasteiger partial charge in [0.2, 0.25) is 11.8 Å². The van der Waals surface area contributed by atoms with Gasteiger partial charge in [-0.25, -0.2) is 0 Å². The lowest BCUT2D eigenvalue weighted by Crippen LogP contribution is -2.44. The van der Waals surface area contributed by atoms with Gasteiger partial charge in [0.25, 0.3) is 0 Å². The van der Waals surface area contributed by atoms with Crippen molar-refractivity contribution in [2.45, 2.75) is 19.8 Å². The number of aryl methyl sites for hydroxylation is 1. The Morgan fingerprint density at radius 1 is 1.48 bits per heavy atom. The number of carbonyl (C=O) groups excluding carboxylic acids is 2. The number of rotatable bonds is 5. The van der Waals surface area contributed by atoms with E-state index in [2.05, 4.69) is 5.32 Å². The van der Waals surface area contributed by atoms with Crippen molar-refractivity contribution in [1.82, 2.24) is 10.2 Å². The summed E-state index contributed by atoms with van der Waals surface area (Å²) in [5.74, 6) is 0.819. The molecule has 21 heavy (non-hydrogen) atoms. The van der Waals surface area contributed by atoms with E-state index in [9.17, 15) is 9.59 Å². The van der Waals surface area contributed by atoms with Crippen LogP contribution in [0.15, 0.2) is 24.3 Å². The highest BCUT2D eigenvalue weighted by molar-refractivity contribution is 5.83. The summed E-state index contributed by atoms with van der Waals surface area (Å²) in [6.45, 7) is 3.46. The Kier molecular flexibility index (Phi) is 5.20. The number of ether oxygens (including phenoxy) is 1. The van der Waals surface area contributed by atoms with Gasteiger partial charge in [0.15, 0.2) is 0 Å².